The Bertz CT molecular complexity index is 1920. The van der Waals surface area contributed by atoms with Gasteiger partial charge in [-0.2, -0.15) is 5.26 Å². The lowest BCUT2D eigenvalue weighted by Gasteiger charge is -2.41. The molecule has 3 heterocycles. The summed E-state index contributed by atoms with van der Waals surface area (Å²) in [6, 6.07) is 18.1. The van der Waals surface area contributed by atoms with Gasteiger partial charge in [-0.3, -0.25) is 14.6 Å². The van der Waals surface area contributed by atoms with E-state index in [9.17, 15) is 13.7 Å². The molecule has 1 amide bonds. The number of nitriles is 1. The van der Waals surface area contributed by atoms with Crippen molar-refractivity contribution in [3.8, 4) is 17.6 Å². The van der Waals surface area contributed by atoms with Gasteiger partial charge in [0.15, 0.2) is 5.54 Å². The van der Waals surface area contributed by atoms with Crippen LogP contribution in [0.4, 0.5) is 5.69 Å². The number of nitrogens with zero attached hydrogens (tertiary/aromatic N) is 5. The zero-order valence-corrected chi connectivity index (χ0v) is 27.7. The Morgan fingerprint density at radius 3 is 2.45 bits per heavy atom. The van der Waals surface area contributed by atoms with Crippen molar-refractivity contribution in [1.82, 2.24) is 14.8 Å². The summed E-state index contributed by atoms with van der Waals surface area (Å²) in [7, 11) is -1.43. The number of methoxy groups -OCH3 is 2. The van der Waals surface area contributed by atoms with E-state index in [2.05, 4.69) is 29.8 Å². The van der Waals surface area contributed by atoms with Gasteiger partial charge < -0.3 is 13.9 Å². The van der Waals surface area contributed by atoms with E-state index in [0.29, 0.717) is 54.4 Å². The highest BCUT2D eigenvalue weighted by Crippen LogP contribution is 2.56. The van der Waals surface area contributed by atoms with Gasteiger partial charge in [-0.1, -0.05) is 19.9 Å². The van der Waals surface area contributed by atoms with Crippen molar-refractivity contribution in [3.05, 3.63) is 101 Å². The van der Waals surface area contributed by atoms with Crippen molar-refractivity contribution in [3.63, 3.8) is 0 Å². The third-order valence-corrected chi connectivity index (χ3v) is 10.9. The minimum atomic E-state index is -4.45. The number of sulfonamides is 1. The molecule has 244 valence electrons. The van der Waals surface area contributed by atoms with Crippen LogP contribution < -0.4 is 13.8 Å². The first-order chi connectivity index (χ1) is 22.7. The zero-order chi connectivity index (χ0) is 33.3. The van der Waals surface area contributed by atoms with Crippen LogP contribution in [-0.4, -0.2) is 63.0 Å². The van der Waals surface area contributed by atoms with Gasteiger partial charge in [0.25, 0.3) is 15.9 Å². The lowest BCUT2D eigenvalue weighted by molar-refractivity contribution is -0.127. The topological polar surface area (TPSA) is 129 Å². The molecule has 47 heavy (non-hydrogen) atoms. The Kier molecular flexibility index (Phi) is 8.80. The maximum absolute atomic E-state index is 15.5. The standard InChI is InChI=1S/C35H37N5O6S/c1-5-38(6-2)23-25-10-16-32(45-4)29(21-25)35(39-18-7-8-31(39)33-37-17-19-46-33)28-20-24(22-36)9-15-30(28)40(34(35)41)47(42,43)27-13-11-26(44-3)12-14-27/h9-17,19-21,31H,5-8,18,23H2,1-4H3/t31-,35?/m0/s1. The molecule has 1 aromatic heterocycles. The van der Waals surface area contributed by atoms with Crippen LogP contribution in [0.2, 0.25) is 0 Å². The summed E-state index contributed by atoms with van der Waals surface area (Å²) in [5.74, 6) is 0.611. The first-order valence-electron chi connectivity index (χ1n) is 15.6. The van der Waals surface area contributed by atoms with E-state index < -0.39 is 27.5 Å². The number of aromatic nitrogens is 1. The fraction of sp³-hybridized carbons (Fsp3) is 0.343. The van der Waals surface area contributed by atoms with Crippen molar-refractivity contribution >= 4 is 21.6 Å². The summed E-state index contributed by atoms with van der Waals surface area (Å²) < 4.78 is 47.0. The zero-order valence-electron chi connectivity index (χ0n) is 26.8. The van der Waals surface area contributed by atoms with Crippen LogP contribution in [0.5, 0.6) is 11.5 Å². The first-order valence-corrected chi connectivity index (χ1v) is 17.0. The largest absolute Gasteiger partial charge is 0.497 e. The fourth-order valence-corrected chi connectivity index (χ4v) is 8.35. The molecule has 0 radical (unpaired) electrons. The van der Waals surface area contributed by atoms with E-state index in [-0.39, 0.29) is 16.1 Å². The van der Waals surface area contributed by atoms with Gasteiger partial charge in [0.1, 0.15) is 17.8 Å². The van der Waals surface area contributed by atoms with E-state index in [1.165, 1.54) is 44.7 Å². The van der Waals surface area contributed by atoms with Gasteiger partial charge in [-0.15, -0.1) is 0 Å². The number of likely N-dealkylation sites (tertiary alicyclic amines) is 1. The van der Waals surface area contributed by atoms with Crippen LogP contribution in [0.15, 0.2) is 82.4 Å². The minimum absolute atomic E-state index is 0.0781. The van der Waals surface area contributed by atoms with Crippen LogP contribution in [0.3, 0.4) is 0 Å². The third kappa shape index (κ3) is 5.24. The molecule has 0 spiro atoms. The predicted molar refractivity (Wildman–Crippen MR) is 174 cm³/mol. The molecule has 2 aliphatic rings. The molecule has 1 fully saturated rings. The minimum Gasteiger partial charge on any atom is -0.497 e. The molecule has 3 aromatic carbocycles. The molecule has 0 bridgehead atoms. The molecule has 4 aromatic rings. The van der Waals surface area contributed by atoms with Crippen LogP contribution in [0.1, 0.15) is 60.9 Å². The Morgan fingerprint density at radius 1 is 1.04 bits per heavy atom. The summed E-state index contributed by atoms with van der Waals surface area (Å²) >= 11 is 0. The highest BCUT2D eigenvalue weighted by atomic mass is 32.2. The van der Waals surface area contributed by atoms with Crippen LogP contribution >= 0.6 is 0 Å². The van der Waals surface area contributed by atoms with E-state index in [1.54, 1.807) is 24.4 Å². The maximum atomic E-state index is 15.5. The number of hydrogen-bond acceptors (Lipinski definition) is 10. The first kappa shape index (κ1) is 32.2. The van der Waals surface area contributed by atoms with Gasteiger partial charge in [0, 0.05) is 24.2 Å². The predicted octanol–water partition coefficient (Wildman–Crippen LogP) is 5.22. The average molecular weight is 656 g/mol. The smallest absolute Gasteiger partial charge is 0.271 e. The number of anilines is 1. The Labute approximate surface area is 275 Å². The third-order valence-electron chi connectivity index (χ3n) is 9.20. The highest BCUT2D eigenvalue weighted by molar-refractivity contribution is 7.93. The SMILES string of the molecule is CCN(CC)Cc1ccc(OC)c(C2(N3CCC[C@H]3c3ncco3)C(=O)N(S(=O)(=O)c3ccc(OC)cc3)c3ccc(C#N)cc32)c1. The number of carbonyl (C=O) groups excluding carboxylic acids is 1. The summed E-state index contributed by atoms with van der Waals surface area (Å²) in [6.45, 7) is 6.85. The van der Waals surface area contributed by atoms with Gasteiger partial charge in [0.05, 0.1) is 48.7 Å². The number of oxazole rings is 1. The summed E-state index contributed by atoms with van der Waals surface area (Å²) in [5.41, 5.74) is 0.515. The number of ether oxygens (including phenoxy) is 2. The number of hydrogen-bond donors (Lipinski definition) is 0. The Hall–Kier alpha value is -4.70. The number of amides is 1. The molecule has 0 N–H and O–H groups in total. The lowest BCUT2D eigenvalue weighted by Crippen LogP contribution is -2.54. The normalized spacial score (nSPS) is 19.6. The van der Waals surface area contributed by atoms with Crippen LogP contribution in [0, 0.1) is 11.3 Å². The second-order valence-electron chi connectivity index (χ2n) is 11.5. The second-order valence-corrected chi connectivity index (χ2v) is 13.3. The van der Waals surface area contributed by atoms with Crippen molar-refractivity contribution in [2.24, 2.45) is 0 Å². The molecule has 1 unspecified atom stereocenters. The van der Waals surface area contributed by atoms with E-state index in [0.717, 1.165) is 23.0 Å². The van der Waals surface area contributed by atoms with Gasteiger partial charge in [0.2, 0.25) is 5.89 Å². The quantitative estimate of drug-likeness (QED) is 0.212. The van der Waals surface area contributed by atoms with Gasteiger partial charge >= 0.3 is 0 Å². The maximum Gasteiger partial charge on any atom is 0.271 e. The van der Waals surface area contributed by atoms with Crippen molar-refractivity contribution in [1.29, 1.82) is 5.26 Å². The molecular formula is C35H37N5O6S. The second kappa shape index (κ2) is 12.8. The van der Waals surface area contributed by atoms with E-state index in [4.69, 9.17) is 13.9 Å². The average Bonchev–Trinajstić information content (AvgIpc) is 3.86. The van der Waals surface area contributed by atoms with E-state index >= 15 is 4.79 Å². The molecule has 2 aliphatic heterocycles. The van der Waals surface area contributed by atoms with Gasteiger partial charge in [-0.05, 0) is 86.1 Å². The summed E-state index contributed by atoms with van der Waals surface area (Å²) in [5, 5.41) is 10.0. The van der Waals surface area contributed by atoms with Crippen molar-refractivity contribution in [2.75, 3.05) is 38.2 Å². The highest BCUT2D eigenvalue weighted by Gasteiger charge is 2.62. The molecule has 11 nitrogen and oxygen atoms in total. The number of fused-ring (bicyclic) bond motifs is 1. The molecule has 0 saturated carbocycles. The van der Waals surface area contributed by atoms with Crippen LogP contribution in [0.25, 0.3) is 0 Å². The van der Waals surface area contributed by atoms with Crippen molar-refractivity contribution < 1.29 is 27.1 Å². The Morgan fingerprint density at radius 2 is 1.81 bits per heavy atom. The molecular weight excluding hydrogens is 618 g/mol. The fourth-order valence-electron chi connectivity index (χ4n) is 6.89. The summed E-state index contributed by atoms with van der Waals surface area (Å²) in [4.78, 5) is 24.1. The van der Waals surface area contributed by atoms with Crippen LogP contribution in [-0.2, 0) is 26.9 Å². The molecule has 6 rings (SSSR count). The molecule has 1 saturated heterocycles. The number of carbonyl (C=O) groups is 1. The summed E-state index contributed by atoms with van der Waals surface area (Å²) in [6.07, 6.45) is 4.36. The Balaban J connectivity index is 1.67. The van der Waals surface area contributed by atoms with Gasteiger partial charge in [-0.25, -0.2) is 17.7 Å². The molecule has 0 aliphatic carbocycles. The molecule has 12 heteroatoms. The monoisotopic (exact) mass is 655 g/mol. The number of benzene rings is 3. The molecule has 2 atom stereocenters. The van der Waals surface area contributed by atoms with E-state index in [1.807, 2.05) is 23.1 Å². The lowest BCUT2D eigenvalue weighted by atomic mass is 9.79. The van der Waals surface area contributed by atoms with Crippen molar-refractivity contribution in [2.45, 2.75) is 49.7 Å². The number of rotatable bonds is 11.